The summed E-state index contributed by atoms with van der Waals surface area (Å²) in [5.41, 5.74) is 2.18. The number of guanidine groups is 1. The summed E-state index contributed by atoms with van der Waals surface area (Å²) in [6.45, 7) is 7.33. The number of carbonyl (C=O) groups excluding carboxylic acids is 1. The topological polar surface area (TPSA) is 75.0 Å². The number of carbonyl (C=O) groups is 1. The molecular weight excluding hydrogens is 368 g/mol. The molecule has 8 nitrogen and oxygen atoms in total. The molecule has 0 radical (unpaired) electrons. The molecule has 1 aromatic carbocycles. The molecule has 2 aliphatic heterocycles. The summed E-state index contributed by atoms with van der Waals surface area (Å²) in [6, 6.07) is 8.21. The number of nitrogens with one attached hydrogen (secondary N) is 1. The molecule has 8 heteroatoms. The van der Waals surface area contributed by atoms with E-state index in [2.05, 4.69) is 30.8 Å². The van der Waals surface area contributed by atoms with Crippen molar-refractivity contribution in [3.63, 3.8) is 0 Å². The maximum Gasteiger partial charge on any atom is 0.251 e. The van der Waals surface area contributed by atoms with Crippen molar-refractivity contribution < 1.29 is 9.53 Å². The quantitative estimate of drug-likeness (QED) is 0.620. The summed E-state index contributed by atoms with van der Waals surface area (Å²) >= 11 is 0. The van der Waals surface area contributed by atoms with Crippen molar-refractivity contribution in [2.45, 2.75) is 32.4 Å². The van der Waals surface area contributed by atoms with E-state index in [0.29, 0.717) is 19.7 Å². The number of benzene rings is 1. The Morgan fingerprint density at radius 2 is 2.00 bits per heavy atom. The van der Waals surface area contributed by atoms with Crippen molar-refractivity contribution >= 4 is 22.9 Å². The second kappa shape index (κ2) is 8.82. The van der Waals surface area contributed by atoms with E-state index in [4.69, 9.17) is 4.74 Å². The zero-order valence-electron chi connectivity index (χ0n) is 17.3. The van der Waals surface area contributed by atoms with Crippen molar-refractivity contribution in [2.75, 3.05) is 46.4 Å². The maximum atomic E-state index is 12.5. The normalized spacial score (nSPS) is 20.5. The molecule has 29 heavy (non-hydrogen) atoms. The largest absolute Gasteiger partial charge is 0.368 e. The van der Waals surface area contributed by atoms with Crippen LogP contribution in [-0.4, -0.2) is 83.7 Å². The Kier molecular flexibility index (Phi) is 5.99. The number of ether oxygens (including phenoxy) is 1. The zero-order chi connectivity index (χ0) is 20.2. The third kappa shape index (κ3) is 4.22. The fourth-order valence-corrected chi connectivity index (χ4v) is 4.20. The van der Waals surface area contributed by atoms with Gasteiger partial charge >= 0.3 is 0 Å². The number of hydrogen-bond acceptors (Lipinski definition) is 4. The minimum absolute atomic E-state index is 0.146. The van der Waals surface area contributed by atoms with Gasteiger partial charge in [-0.1, -0.05) is 12.1 Å². The summed E-state index contributed by atoms with van der Waals surface area (Å²) < 4.78 is 7.77. The van der Waals surface area contributed by atoms with Crippen LogP contribution < -0.4 is 5.32 Å². The van der Waals surface area contributed by atoms with Gasteiger partial charge in [-0.3, -0.25) is 9.79 Å². The molecular formula is C21H30N6O2. The summed E-state index contributed by atoms with van der Waals surface area (Å²) in [7, 11) is 1.81. The molecule has 3 heterocycles. The second-order valence-corrected chi connectivity index (χ2v) is 7.59. The first-order chi connectivity index (χ1) is 14.2. The molecule has 2 saturated heterocycles. The lowest BCUT2D eigenvalue weighted by atomic mass is 10.2. The first kappa shape index (κ1) is 19.7. The van der Waals surface area contributed by atoms with E-state index >= 15 is 0 Å². The number of piperazine rings is 1. The molecule has 0 saturated carbocycles. The summed E-state index contributed by atoms with van der Waals surface area (Å²) in [5, 5.41) is 3.47. The monoisotopic (exact) mass is 398 g/mol. The number of aryl methyl sites for hydroxylation is 1. The van der Waals surface area contributed by atoms with Crippen LogP contribution >= 0.6 is 0 Å². The van der Waals surface area contributed by atoms with Crippen molar-refractivity contribution in [1.82, 2.24) is 24.7 Å². The molecule has 2 aromatic rings. The van der Waals surface area contributed by atoms with E-state index < -0.39 is 0 Å². The second-order valence-electron chi connectivity index (χ2n) is 7.59. The van der Waals surface area contributed by atoms with Gasteiger partial charge in [0.15, 0.2) is 5.96 Å². The average molecular weight is 399 g/mol. The van der Waals surface area contributed by atoms with E-state index in [1.807, 2.05) is 37.1 Å². The van der Waals surface area contributed by atoms with Crippen molar-refractivity contribution in [3.05, 3.63) is 30.1 Å². The number of fused-ring (bicyclic) bond motifs is 1. The Morgan fingerprint density at radius 1 is 1.24 bits per heavy atom. The first-order valence-electron chi connectivity index (χ1n) is 10.4. The van der Waals surface area contributed by atoms with Crippen LogP contribution in [0.4, 0.5) is 0 Å². The fraction of sp³-hybridized carbons (Fsp3) is 0.571. The van der Waals surface area contributed by atoms with E-state index in [9.17, 15) is 4.79 Å². The third-order valence-electron chi connectivity index (χ3n) is 5.77. The predicted octanol–water partition coefficient (Wildman–Crippen LogP) is 1.24. The highest BCUT2D eigenvalue weighted by Gasteiger charge is 2.30. The van der Waals surface area contributed by atoms with Gasteiger partial charge in [-0.25, -0.2) is 4.98 Å². The lowest BCUT2D eigenvalue weighted by molar-refractivity contribution is -0.142. The summed E-state index contributed by atoms with van der Waals surface area (Å²) in [5.74, 6) is 2.05. The molecule has 4 rings (SSSR count). The molecule has 0 bridgehead atoms. The molecule has 1 aromatic heterocycles. The van der Waals surface area contributed by atoms with Crippen molar-refractivity contribution in [3.8, 4) is 0 Å². The molecule has 1 amide bonds. The molecule has 2 aliphatic rings. The Morgan fingerprint density at radius 3 is 2.72 bits per heavy atom. The predicted molar refractivity (Wildman–Crippen MR) is 113 cm³/mol. The number of aromatic nitrogens is 2. The number of para-hydroxylation sites is 2. The molecule has 1 N–H and O–H groups in total. The Labute approximate surface area is 171 Å². The highest BCUT2D eigenvalue weighted by Crippen LogP contribution is 2.16. The molecule has 156 valence electrons. The number of nitrogens with zero attached hydrogens (tertiary/aromatic N) is 5. The van der Waals surface area contributed by atoms with Crippen LogP contribution in [0.1, 0.15) is 18.7 Å². The average Bonchev–Trinajstić information content (AvgIpc) is 3.39. The van der Waals surface area contributed by atoms with Gasteiger partial charge in [-0.05, 0) is 31.9 Å². The van der Waals surface area contributed by atoms with Crippen LogP contribution in [0, 0.1) is 6.92 Å². The Balaban J connectivity index is 1.29. The third-order valence-corrected chi connectivity index (χ3v) is 5.77. The summed E-state index contributed by atoms with van der Waals surface area (Å²) in [4.78, 5) is 25.7. The lowest BCUT2D eigenvalue weighted by Gasteiger charge is -2.37. The van der Waals surface area contributed by atoms with Gasteiger partial charge in [-0.2, -0.15) is 0 Å². The number of rotatable bonds is 4. The van der Waals surface area contributed by atoms with Gasteiger partial charge in [-0.15, -0.1) is 0 Å². The fourth-order valence-electron chi connectivity index (χ4n) is 4.20. The molecule has 2 fully saturated rings. The van der Waals surface area contributed by atoms with Crippen LogP contribution in [0.2, 0.25) is 0 Å². The lowest BCUT2D eigenvalue weighted by Crippen LogP contribution is -2.55. The minimum Gasteiger partial charge on any atom is -0.368 e. The number of amides is 1. The van der Waals surface area contributed by atoms with Gasteiger partial charge in [0.25, 0.3) is 5.91 Å². The maximum absolute atomic E-state index is 12.5. The van der Waals surface area contributed by atoms with Crippen LogP contribution in [0.5, 0.6) is 0 Å². The van der Waals surface area contributed by atoms with Crippen LogP contribution in [-0.2, 0) is 16.1 Å². The molecule has 1 atom stereocenters. The van der Waals surface area contributed by atoms with E-state index in [-0.39, 0.29) is 12.0 Å². The number of aliphatic imine (C=N–C) groups is 1. The highest BCUT2D eigenvalue weighted by molar-refractivity contribution is 5.83. The Bertz CT molecular complexity index is 878. The van der Waals surface area contributed by atoms with Crippen LogP contribution in [0.3, 0.4) is 0 Å². The van der Waals surface area contributed by atoms with Crippen molar-refractivity contribution in [2.24, 2.45) is 4.99 Å². The van der Waals surface area contributed by atoms with Gasteiger partial charge in [0, 0.05) is 52.9 Å². The smallest absolute Gasteiger partial charge is 0.251 e. The van der Waals surface area contributed by atoms with Gasteiger partial charge < -0.3 is 24.4 Å². The van der Waals surface area contributed by atoms with E-state index in [1.54, 1.807) is 0 Å². The van der Waals surface area contributed by atoms with Gasteiger partial charge in [0.1, 0.15) is 11.9 Å². The zero-order valence-corrected chi connectivity index (χ0v) is 17.3. The van der Waals surface area contributed by atoms with Crippen molar-refractivity contribution in [1.29, 1.82) is 0 Å². The molecule has 1 unspecified atom stereocenters. The standard InChI is InChI=1S/C21H30N6O2/c1-16-24-17-6-3-4-7-18(17)27(16)10-9-23-21(22-2)26-13-11-25(12-14-26)20(28)19-8-5-15-29-19/h3-4,6-7,19H,5,8-15H2,1-2H3,(H,22,23). The van der Waals surface area contributed by atoms with E-state index in [0.717, 1.165) is 61.8 Å². The number of imidazole rings is 1. The molecule has 0 aliphatic carbocycles. The van der Waals surface area contributed by atoms with Gasteiger partial charge in [0.05, 0.1) is 11.0 Å². The van der Waals surface area contributed by atoms with Crippen LogP contribution in [0.25, 0.3) is 11.0 Å². The van der Waals surface area contributed by atoms with Gasteiger partial charge in [0.2, 0.25) is 0 Å². The van der Waals surface area contributed by atoms with E-state index in [1.165, 1.54) is 0 Å². The molecule has 0 spiro atoms. The first-order valence-corrected chi connectivity index (χ1v) is 10.4. The highest BCUT2D eigenvalue weighted by atomic mass is 16.5. The SMILES string of the molecule is CN=C(NCCn1c(C)nc2ccccc21)N1CCN(C(=O)C2CCCO2)CC1. The summed E-state index contributed by atoms with van der Waals surface area (Å²) in [6.07, 6.45) is 1.61. The Hall–Kier alpha value is -2.61. The minimum atomic E-state index is -0.229. The number of hydrogen-bond donors (Lipinski definition) is 1. The van der Waals surface area contributed by atoms with Crippen LogP contribution in [0.15, 0.2) is 29.3 Å².